The Bertz CT molecular complexity index is 1570. The van der Waals surface area contributed by atoms with Crippen molar-refractivity contribution in [1.29, 1.82) is 0 Å². The number of ether oxygens (including phenoxy) is 5. The molecule has 12 heteroatoms. The molecule has 0 atom stereocenters. The number of nitrogens with zero attached hydrogens (tertiary/aromatic N) is 1. The number of hydrogen-bond donors (Lipinski definition) is 2. The average Bonchev–Trinajstić information content (AvgIpc) is 3.01. The highest BCUT2D eigenvalue weighted by atomic mass is 16.5. The van der Waals surface area contributed by atoms with Crippen molar-refractivity contribution in [1.82, 2.24) is 5.32 Å². The zero-order valence-electron chi connectivity index (χ0n) is 24.1. The Morgan fingerprint density at radius 3 is 2.23 bits per heavy atom. The van der Waals surface area contributed by atoms with E-state index in [1.54, 1.807) is 36.4 Å². The Morgan fingerprint density at radius 1 is 0.837 bits per heavy atom. The molecule has 0 radical (unpaired) electrons. The van der Waals surface area contributed by atoms with Gasteiger partial charge in [-0.15, -0.1) is 0 Å². The Balaban J connectivity index is 1.52. The number of nitrogens with one attached hydrogen (secondary N) is 2. The molecule has 2 N–H and O–H groups in total. The molecule has 1 heterocycles. The first-order valence-corrected chi connectivity index (χ1v) is 13.3. The Kier molecular flexibility index (Phi) is 9.84. The molecule has 1 saturated heterocycles. The van der Waals surface area contributed by atoms with Gasteiger partial charge in [-0.2, -0.15) is 0 Å². The van der Waals surface area contributed by atoms with Gasteiger partial charge < -0.3 is 29.0 Å². The maximum Gasteiger partial charge on any atom is 0.335 e. The minimum Gasteiger partial charge on any atom is -0.495 e. The van der Waals surface area contributed by atoms with E-state index in [0.717, 1.165) is 11.3 Å². The Labute approximate surface area is 248 Å². The quantitative estimate of drug-likeness (QED) is 0.235. The molecule has 0 spiro atoms. The van der Waals surface area contributed by atoms with Crippen molar-refractivity contribution >= 4 is 41.2 Å². The fraction of sp³-hybridized carbons (Fsp3) is 0.226. The molecule has 1 aliphatic rings. The maximum atomic E-state index is 13.4. The number of rotatable bonds is 12. The summed E-state index contributed by atoms with van der Waals surface area (Å²) in [6.45, 7) is 2.10. The molecule has 1 fully saturated rings. The standard InChI is InChI=1S/C31H31N3O9/c1-5-14-42-24-13-11-20(17-27(24)41-4)34-30(37)21(29(36)33-31(34)38)15-19-10-12-25(26(16-19)40-3)43-18-28(35)32-22-8-6-7-9-23(22)39-2/h6-13,15-17H,5,14,18H2,1-4H3,(H,32,35)(H,33,36,38)/b21-15-. The van der Waals surface area contributed by atoms with Crippen LogP contribution in [-0.4, -0.2) is 58.3 Å². The van der Waals surface area contributed by atoms with Gasteiger partial charge in [0.2, 0.25) is 0 Å². The van der Waals surface area contributed by atoms with Gasteiger partial charge in [0.05, 0.1) is 39.3 Å². The van der Waals surface area contributed by atoms with Crippen LogP contribution in [0.4, 0.5) is 16.2 Å². The number of carbonyl (C=O) groups excluding carboxylic acids is 4. The molecule has 0 bridgehead atoms. The minimum absolute atomic E-state index is 0.189. The van der Waals surface area contributed by atoms with Crippen molar-refractivity contribution in [3.8, 4) is 28.7 Å². The Morgan fingerprint density at radius 2 is 1.51 bits per heavy atom. The molecule has 224 valence electrons. The lowest BCUT2D eigenvalue weighted by Crippen LogP contribution is -2.54. The number of para-hydroxylation sites is 2. The summed E-state index contributed by atoms with van der Waals surface area (Å²) in [5.74, 6) is -0.309. The van der Waals surface area contributed by atoms with Crippen molar-refractivity contribution in [3.63, 3.8) is 0 Å². The zero-order valence-corrected chi connectivity index (χ0v) is 24.1. The van der Waals surface area contributed by atoms with Gasteiger partial charge in [-0.1, -0.05) is 25.1 Å². The summed E-state index contributed by atoms with van der Waals surface area (Å²) in [5, 5.41) is 4.91. The van der Waals surface area contributed by atoms with Gasteiger partial charge in [-0.25, -0.2) is 9.69 Å². The van der Waals surface area contributed by atoms with E-state index in [9.17, 15) is 19.2 Å². The number of methoxy groups -OCH3 is 3. The second kappa shape index (κ2) is 13.9. The van der Waals surface area contributed by atoms with Gasteiger partial charge in [0.25, 0.3) is 17.7 Å². The zero-order chi connectivity index (χ0) is 30.9. The third-order valence-electron chi connectivity index (χ3n) is 6.21. The molecule has 1 aliphatic heterocycles. The SMILES string of the molecule is CCCOc1ccc(N2C(=O)NC(=O)/C(=C/c3ccc(OCC(=O)Nc4ccccc4OC)c(OC)c3)C2=O)cc1OC. The minimum atomic E-state index is -0.899. The summed E-state index contributed by atoms with van der Waals surface area (Å²) < 4.78 is 27.3. The topological polar surface area (TPSA) is 142 Å². The highest BCUT2D eigenvalue weighted by Crippen LogP contribution is 2.34. The molecule has 3 aromatic carbocycles. The van der Waals surface area contributed by atoms with E-state index in [-0.39, 0.29) is 29.4 Å². The van der Waals surface area contributed by atoms with E-state index >= 15 is 0 Å². The van der Waals surface area contributed by atoms with Gasteiger partial charge in [0, 0.05) is 6.07 Å². The van der Waals surface area contributed by atoms with Crippen LogP contribution >= 0.6 is 0 Å². The van der Waals surface area contributed by atoms with Crippen LogP contribution in [0.2, 0.25) is 0 Å². The number of carbonyl (C=O) groups is 4. The molecule has 0 unspecified atom stereocenters. The Hall–Kier alpha value is -5.52. The smallest absolute Gasteiger partial charge is 0.335 e. The van der Waals surface area contributed by atoms with Crippen LogP contribution in [0.25, 0.3) is 6.08 Å². The number of benzene rings is 3. The van der Waals surface area contributed by atoms with Crippen molar-refractivity contribution in [2.75, 3.05) is 44.8 Å². The summed E-state index contributed by atoms with van der Waals surface area (Å²) in [6.07, 6.45) is 2.11. The molecule has 0 aliphatic carbocycles. The molecule has 3 aromatic rings. The number of barbiturate groups is 1. The number of hydrogen-bond acceptors (Lipinski definition) is 9. The summed E-state index contributed by atoms with van der Waals surface area (Å²) in [5.41, 5.74) is 0.817. The third kappa shape index (κ3) is 7.04. The summed E-state index contributed by atoms with van der Waals surface area (Å²) >= 11 is 0. The van der Waals surface area contributed by atoms with Gasteiger partial charge in [0.1, 0.15) is 11.3 Å². The second-order valence-electron chi connectivity index (χ2n) is 9.09. The largest absolute Gasteiger partial charge is 0.495 e. The van der Waals surface area contributed by atoms with Crippen molar-refractivity contribution < 1.29 is 42.9 Å². The molecular formula is C31H31N3O9. The molecule has 0 aromatic heterocycles. The van der Waals surface area contributed by atoms with Crippen molar-refractivity contribution in [3.05, 3.63) is 71.8 Å². The molecule has 5 amide bonds. The van der Waals surface area contributed by atoms with Gasteiger partial charge >= 0.3 is 6.03 Å². The summed E-state index contributed by atoms with van der Waals surface area (Å²) in [4.78, 5) is 52.1. The van der Waals surface area contributed by atoms with E-state index < -0.39 is 23.8 Å². The maximum absolute atomic E-state index is 13.4. The van der Waals surface area contributed by atoms with E-state index in [0.29, 0.717) is 35.1 Å². The number of amides is 5. The first-order valence-electron chi connectivity index (χ1n) is 13.3. The summed E-state index contributed by atoms with van der Waals surface area (Å²) in [6, 6.07) is 15.3. The third-order valence-corrected chi connectivity index (χ3v) is 6.21. The fourth-order valence-electron chi connectivity index (χ4n) is 4.16. The van der Waals surface area contributed by atoms with Crippen LogP contribution in [0.3, 0.4) is 0 Å². The molecule has 4 rings (SSSR count). The predicted molar refractivity (Wildman–Crippen MR) is 158 cm³/mol. The highest BCUT2D eigenvalue weighted by molar-refractivity contribution is 6.39. The lowest BCUT2D eigenvalue weighted by atomic mass is 10.1. The molecule has 43 heavy (non-hydrogen) atoms. The lowest BCUT2D eigenvalue weighted by molar-refractivity contribution is -0.122. The molecular weight excluding hydrogens is 558 g/mol. The fourth-order valence-corrected chi connectivity index (χ4v) is 4.16. The van der Waals surface area contributed by atoms with Crippen LogP contribution in [0.15, 0.2) is 66.2 Å². The highest BCUT2D eigenvalue weighted by Gasteiger charge is 2.37. The van der Waals surface area contributed by atoms with E-state index in [1.165, 1.54) is 51.7 Å². The van der Waals surface area contributed by atoms with Crippen molar-refractivity contribution in [2.45, 2.75) is 13.3 Å². The van der Waals surface area contributed by atoms with Crippen LogP contribution in [0.1, 0.15) is 18.9 Å². The van der Waals surface area contributed by atoms with Crippen LogP contribution < -0.4 is 39.2 Å². The number of urea groups is 1. The first-order chi connectivity index (χ1) is 20.8. The van der Waals surface area contributed by atoms with Gasteiger partial charge in [-0.3, -0.25) is 19.7 Å². The molecule has 12 nitrogen and oxygen atoms in total. The van der Waals surface area contributed by atoms with Crippen LogP contribution in [0.5, 0.6) is 28.7 Å². The number of anilines is 2. The van der Waals surface area contributed by atoms with E-state index in [2.05, 4.69) is 10.6 Å². The van der Waals surface area contributed by atoms with E-state index in [4.69, 9.17) is 23.7 Å². The normalized spacial score (nSPS) is 13.8. The monoisotopic (exact) mass is 589 g/mol. The molecule has 0 saturated carbocycles. The second-order valence-corrected chi connectivity index (χ2v) is 9.09. The van der Waals surface area contributed by atoms with Gasteiger partial charge in [0.15, 0.2) is 29.6 Å². The van der Waals surface area contributed by atoms with Gasteiger partial charge in [-0.05, 0) is 54.5 Å². The van der Waals surface area contributed by atoms with Crippen molar-refractivity contribution in [2.24, 2.45) is 0 Å². The number of imide groups is 2. The van der Waals surface area contributed by atoms with Crippen LogP contribution in [-0.2, 0) is 14.4 Å². The summed E-state index contributed by atoms with van der Waals surface area (Å²) in [7, 11) is 4.36. The van der Waals surface area contributed by atoms with E-state index in [1.807, 2.05) is 6.92 Å². The average molecular weight is 590 g/mol. The predicted octanol–water partition coefficient (Wildman–Crippen LogP) is 4.19. The lowest BCUT2D eigenvalue weighted by Gasteiger charge is -2.27. The first kappa shape index (κ1) is 30.4. The van der Waals surface area contributed by atoms with Crippen LogP contribution in [0, 0.1) is 0 Å².